The van der Waals surface area contributed by atoms with E-state index in [2.05, 4.69) is 20.3 Å². The van der Waals surface area contributed by atoms with Crippen molar-refractivity contribution < 1.29 is 31.5 Å². The molecular weight excluding hydrogens is 545 g/mol. The highest BCUT2D eigenvalue weighted by Gasteiger charge is 2.39. The minimum atomic E-state index is -4.46. The summed E-state index contributed by atoms with van der Waals surface area (Å²) in [6.07, 6.45) is -1.53. The lowest BCUT2D eigenvalue weighted by atomic mass is 9.81. The normalized spacial score (nSPS) is 22.7. The van der Waals surface area contributed by atoms with E-state index in [9.17, 15) is 22.4 Å². The van der Waals surface area contributed by atoms with Gasteiger partial charge in [-0.25, -0.2) is 13.8 Å². The van der Waals surface area contributed by atoms with E-state index in [1.54, 1.807) is 19.3 Å². The van der Waals surface area contributed by atoms with E-state index >= 15 is 4.39 Å². The van der Waals surface area contributed by atoms with Gasteiger partial charge >= 0.3 is 6.18 Å². The van der Waals surface area contributed by atoms with Crippen LogP contribution in [-0.4, -0.2) is 69.2 Å². The lowest BCUT2D eigenvalue weighted by molar-refractivity contribution is -0.190. The van der Waals surface area contributed by atoms with E-state index in [0.29, 0.717) is 75.5 Å². The van der Waals surface area contributed by atoms with Crippen molar-refractivity contribution in [3.8, 4) is 5.88 Å². The van der Waals surface area contributed by atoms with Gasteiger partial charge in [-0.1, -0.05) is 6.07 Å². The van der Waals surface area contributed by atoms with Gasteiger partial charge in [-0.15, -0.1) is 0 Å². The van der Waals surface area contributed by atoms with Crippen molar-refractivity contribution in [1.82, 2.24) is 25.0 Å². The topological polar surface area (TPSA) is 72.3 Å². The average molecular weight is 580 g/mol. The molecule has 1 N–H and O–H groups in total. The first-order valence-electron chi connectivity index (χ1n) is 14.0. The molecule has 2 aliphatic rings. The van der Waals surface area contributed by atoms with Gasteiger partial charge in [-0.2, -0.15) is 18.3 Å². The van der Waals surface area contributed by atoms with Crippen molar-refractivity contribution in [2.45, 2.75) is 75.9 Å². The van der Waals surface area contributed by atoms with Crippen LogP contribution in [0.4, 0.5) is 22.0 Å². The average Bonchev–Trinajstić information content (AvgIpc) is 3.20. The van der Waals surface area contributed by atoms with Gasteiger partial charge in [0.1, 0.15) is 11.2 Å². The Bertz CT molecular complexity index is 1400. The molecule has 1 atom stereocenters. The first kappa shape index (κ1) is 29.2. The molecule has 2 aromatic heterocycles. The minimum absolute atomic E-state index is 0.0436. The van der Waals surface area contributed by atoms with E-state index in [4.69, 9.17) is 4.74 Å². The van der Waals surface area contributed by atoms with Crippen molar-refractivity contribution in [3.63, 3.8) is 0 Å². The number of benzene rings is 1. The highest BCUT2D eigenvalue weighted by Crippen LogP contribution is 2.36. The largest absolute Gasteiger partial charge is 0.465 e. The van der Waals surface area contributed by atoms with Crippen LogP contribution in [0.2, 0.25) is 0 Å². The summed E-state index contributed by atoms with van der Waals surface area (Å²) in [6, 6.07) is 5.75. The van der Waals surface area contributed by atoms with Gasteiger partial charge < -0.3 is 15.0 Å². The second-order valence-corrected chi connectivity index (χ2v) is 11.2. The third-order valence-corrected chi connectivity index (χ3v) is 8.24. The van der Waals surface area contributed by atoms with Crippen molar-refractivity contribution >= 4 is 16.8 Å². The van der Waals surface area contributed by atoms with Crippen molar-refractivity contribution in [3.05, 3.63) is 53.1 Å². The number of alkyl halides is 4. The third-order valence-electron chi connectivity index (χ3n) is 8.24. The summed E-state index contributed by atoms with van der Waals surface area (Å²) < 4.78 is 74.8. The first-order chi connectivity index (χ1) is 19.4. The number of aryl methyl sites for hydroxylation is 1. The number of ether oxygens (including phenoxy) is 1. The molecule has 1 fully saturated rings. The molecule has 222 valence electrons. The zero-order valence-corrected chi connectivity index (χ0v) is 23.1. The summed E-state index contributed by atoms with van der Waals surface area (Å²) in [6.45, 7) is 2.86. The summed E-state index contributed by atoms with van der Waals surface area (Å²) in [5.74, 6) is -0.854. The Labute approximate surface area is 235 Å². The molecule has 12 heteroatoms. The van der Waals surface area contributed by atoms with Crippen LogP contribution in [0.5, 0.6) is 5.88 Å². The van der Waals surface area contributed by atoms with E-state index < -0.39 is 23.8 Å². The summed E-state index contributed by atoms with van der Waals surface area (Å²) in [5, 5.41) is 7.51. The number of pyridine rings is 1. The van der Waals surface area contributed by atoms with E-state index in [1.165, 1.54) is 22.9 Å². The van der Waals surface area contributed by atoms with Gasteiger partial charge in [0, 0.05) is 62.5 Å². The molecule has 3 aromatic rings. The van der Waals surface area contributed by atoms with Crippen LogP contribution in [0, 0.1) is 5.82 Å². The van der Waals surface area contributed by atoms with Crippen molar-refractivity contribution in [2.75, 3.05) is 19.6 Å². The Morgan fingerprint density at radius 1 is 1.17 bits per heavy atom. The number of halogens is 5. The predicted molar refractivity (Wildman–Crippen MR) is 143 cm³/mol. The van der Waals surface area contributed by atoms with Gasteiger partial charge in [0.05, 0.1) is 5.56 Å². The number of aromatic nitrogens is 3. The SMILES string of the molecule is C[C@@H](Oc1ccc2c(n1)CCN(CC[C@]1(F)CC[C@@H](NC(=O)c3ccc(F)c4nn(C)cc34)CC1)CC2)C(F)(F)F. The minimum Gasteiger partial charge on any atom is -0.465 e. The number of carbonyl (C=O) groups is 1. The number of nitrogens with one attached hydrogen (secondary N) is 1. The third kappa shape index (κ3) is 6.79. The standard InChI is InChI=1S/C29H34F5N5O2/c1-18(29(32,33)34)41-25-6-3-19-9-14-39(15-10-24(19)36-25)16-13-28(31)11-7-20(8-12-28)35-27(40)21-4-5-23(30)26-22(21)17-38(2)37-26/h3-6,17-18,20H,7-16H2,1-2H3,(H,35,40)/t18-,20-,28+/m1/s1. The van der Waals surface area contributed by atoms with Crippen LogP contribution in [-0.2, 0) is 19.9 Å². The van der Waals surface area contributed by atoms with Crippen LogP contribution in [0.15, 0.2) is 30.5 Å². The number of rotatable bonds is 7. The van der Waals surface area contributed by atoms with E-state index in [-0.39, 0.29) is 23.3 Å². The van der Waals surface area contributed by atoms with E-state index in [1.807, 2.05) is 0 Å². The molecule has 0 unspecified atom stereocenters. The number of hydrogen-bond donors (Lipinski definition) is 1. The monoisotopic (exact) mass is 579 g/mol. The van der Waals surface area contributed by atoms with Crippen LogP contribution < -0.4 is 10.1 Å². The predicted octanol–water partition coefficient (Wildman–Crippen LogP) is 5.31. The maximum atomic E-state index is 15.7. The molecule has 1 aliphatic heterocycles. The van der Waals surface area contributed by atoms with Gasteiger partial charge in [-0.3, -0.25) is 9.48 Å². The van der Waals surface area contributed by atoms with Crippen LogP contribution >= 0.6 is 0 Å². The molecule has 0 saturated heterocycles. The fourth-order valence-corrected chi connectivity index (χ4v) is 5.68. The first-order valence-corrected chi connectivity index (χ1v) is 14.0. The molecule has 1 amide bonds. The molecule has 3 heterocycles. The zero-order valence-electron chi connectivity index (χ0n) is 23.1. The second kappa shape index (κ2) is 11.5. The second-order valence-electron chi connectivity index (χ2n) is 11.2. The Balaban J connectivity index is 1.10. The Morgan fingerprint density at radius 3 is 2.63 bits per heavy atom. The fourth-order valence-electron chi connectivity index (χ4n) is 5.68. The molecule has 41 heavy (non-hydrogen) atoms. The summed E-state index contributed by atoms with van der Waals surface area (Å²) in [4.78, 5) is 19.4. The van der Waals surface area contributed by atoms with E-state index in [0.717, 1.165) is 18.2 Å². The number of carbonyl (C=O) groups excluding carboxylic acids is 1. The summed E-state index contributed by atoms with van der Waals surface area (Å²) in [7, 11) is 1.67. The van der Waals surface area contributed by atoms with Crippen LogP contribution in [0.3, 0.4) is 0 Å². The number of amides is 1. The maximum absolute atomic E-state index is 15.7. The highest BCUT2D eigenvalue weighted by molar-refractivity contribution is 6.06. The molecule has 7 nitrogen and oxygen atoms in total. The number of fused-ring (bicyclic) bond motifs is 2. The molecule has 0 radical (unpaired) electrons. The fraction of sp³-hybridized carbons (Fsp3) is 0.552. The Kier molecular flexibility index (Phi) is 8.22. The van der Waals surface area contributed by atoms with Gasteiger partial charge in [0.25, 0.3) is 5.91 Å². The van der Waals surface area contributed by atoms with Gasteiger partial charge in [0.15, 0.2) is 11.9 Å². The smallest absolute Gasteiger partial charge is 0.425 e. The molecule has 0 spiro atoms. The molecule has 0 bridgehead atoms. The Morgan fingerprint density at radius 2 is 1.90 bits per heavy atom. The summed E-state index contributed by atoms with van der Waals surface area (Å²) in [5.41, 5.74) is 0.839. The van der Waals surface area contributed by atoms with Crippen LogP contribution in [0.25, 0.3) is 10.9 Å². The van der Waals surface area contributed by atoms with Crippen molar-refractivity contribution in [1.29, 1.82) is 0 Å². The number of hydrogen-bond acceptors (Lipinski definition) is 5. The maximum Gasteiger partial charge on any atom is 0.425 e. The quantitative estimate of drug-likeness (QED) is 0.385. The number of nitrogens with zero attached hydrogens (tertiary/aromatic N) is 4. The highest BCUT2D eigenvalue weighted by atomic mass is 19.4. The van der Waals surface area contributed by atoms with Crippen LogP contribution in [0.1, 0.15) is 60.6 Å². The van der Waals surface area contributed by atoms with Gasteiger partial charge in [-0.05, 0) is 63.1 Å². The summed E-state index contributed by atoms with van der Waals surface area (Å²) >= 11 is 0. The molecule has 5 rings (SSSR count). The lowest BCUT2D eigenvalue weighted by Gasteiger charge is -2.35. The zero-order chi connectivity index (χ0) is 29.4. The molecule has 1 aromatic carbocycles. The van der Waals surface area contributed by atoms with Gasteiger partial charge in [0.2, 0.25) is 5.88 Å². The Hall–Kier alpha value is -3.28. The molecule has 1 aliphatic carbocycles. The molecular formula is C29H34F5N5O2. The lowest BCUT2D eigenvalue weighted by Crippen LogP contribution is -2.43. The molecule has 1 saturated carbocycles. The van der Waals surface area contributed by atoms with Crippen molar-refractivity contribution in [2.24, 2.45) is 7.05 Å².